The summed E-state index contributed by atoms with van der Waals surface area (Å²) >= 11 is 0. The van der Waals surface area contributed by atoms with Crippen LogP contribution >= 0.6 is 0 Å². The third kappa shape index (κ3) is 3.97. The fourth-order valence-corrected chi connectivity index (χ4v) is 5.78. The van der Waals surface area contributed by atoms with Crippen molar-refractivity contribution in [2.75, 3.05) is 40.4 Å². The van der Waals surface area contributed by atoms with Crippen LogP contribution in [0.5, 0.6) is 0 Å². The molecule has 0 saturated heterocycles. The molecule has 0 aliphatic carbocycles. The van der Waals surface area contributed by atoms with E-state index >= 15 is 0 Å². The molecule has 2 aromatic heterocycles. The highest BCUT2D eigenvalue weighted by Crippen LogP contribution is 2.38. The number of carbonyl (C=O) groups excluding carboxylic acids is 1. The Morgan fingerprint density at radius 3 is 2.34 bits per heavy atom. The van der Waals surface area contributed by atoms with Crippen molar-refractivity contribution in [3.63, 3.8) is 0 Å². The lowest BCUT2D eigenvalue weighted by Crippen LogP contribution is -2.27. The standard InChI is InChI=1S/C29H32N4O2/c1-31(2)16-20-11-12-32-18-25(22-8-4-6-10-27(22)32)28-23(15-30-29(28)34)24-17-33(13-14-35-19-20)26-9-5-3-7-21(24)26/h3-10,17-18,20H,11-16,19H2,1-2H3,(H,30,34). The molecule has 1 unspecified atom stereocenters. The van der Waals surface area contributed by atoms with Crippen molar-refractivity contribution < 1.29 is 9.53 Å². The van der Waals surface area contributed by atoms with E-state index in [1.54, 1.807) is 0 Å². The van der Waals surface area contributed by atoms with E-state index in [0.717, 1.165) is 60.3 Å². The molecule has 2 aliphatic rings. The van der Waals surface area contributed by atoms with Crippen LogP contribution in [-0.4, -0.2) is 60.3 Å². The van der Waals surface area contributed by atoms with Crippen molar-refractivity contribution in [3.8, 4) is 0 Å². The third-order valence-electron chi connectivity index (χ3n) is 7.36. The Hall–Kier alpha value is -3.35. The molecule has 6 nitrogen and oxygen atoms in total. The smallest absolute Gasteiger partial charge is 0.252 e. The summed E-state index contributed by atoms with van der Waals surface area (Å²) in [6, 6.07) is 16.9. The first kappa shape index (κ1) is 22.1. The summed E-state index contributed by atoms with van der Waals surface area (Å²) in [5, 5.41) is 5.43. The van der Waals surface area contributed by atoms with E-state index < -0.39 is 0 Å². The summed E-state index contributed by atoms with van der Waals surface area (Å²) < 4.78 is 10.8. The van der Waals surface area contributed by atoms with Gasteiger partial charge in [-0.1, -0.05) is 36.4 Å². The van der Waals surface area contributed by atoms with Crippen molar-refractivity contribution in [2.24, 2.45) is 5.92 Å². The van der Waals surface area contributed by atoms with Crippen LogP contribution in [0.4, 0.5) is 0 Å². The van der Waals surface area contributed by atoms with E-state index in [2.05, 4.69) is 94.4 Å². The van der Waals surface area contributed by atoms with Gasteiger partial charge in [-0.15, -0.1) is 0 Å². The van der Waals surface area contributed by atoms with Gasteiger partial charge in [0.05, 0.1) is 18.8 Å². The Kier molecular flexibility index (Phi) is 5.71. The minimum Gasteiger partial charge on any atom is -0.379 e. The highest BCUT2D eigenvalue weighted by atomic mass is 16.5. The average molecular weight is 469 g/mol. The van der Waals surface area contributed by atoms with Crippen molar-refractivity contribution in [1.82, 2.24) is 19.4 Å². The van der Waals surface area contributed by atoms with Gasteiger partial charge in [0.1, 0.15) is 0 Å². The number of carbonyl (C=O) groups is 1. The molecule has 0 spiro atoms. The van der Waals surface area contributed by atoms with Crippen LogP contribution in [-0.2, 0) is 22.6 Å². The number of aryl methyl sites for hydroxylation is 1. The minimum absolute atomic E-state index is 0.0119. The number of nitrogens with zero attached hydrogens (tertiary/aromatic N) is 3. The average Bonchev–Trinajstić information content (AvgIpc) is 3.52. The number of rotatable bonds is 2. The maximum absolute atomic E-state index is 13.3. The Morgan fingerprint density at radius 2 is 1.60 bits per heavy atom. The quantitative estimate of drug-likeness (QED) is 0.479. The Bertz CT molecular complexity index is 1440. The molecule has 4 heterocycles. The van der Waals surface area contributed by atoms with E-state index in [1.807, 2.05) is 0 Å². The predicted molar refractivity (Wildman–Crippen MR) is 141 cm³/mol. The second-order valence-electron chi connectivity index (χ2n) is 10.0. The van der Waals surface area contributed by atoms with Gasteiger partial charge in [-0.25, -0.2) is 0 Å². The van der Waals surface area contributed by atoms with E-state index in [0.29, 0.717) is 19.1 Å². The highest BCUT2D eigenvalue weighted by molar-refractivity contribution is 6.33. The fraction of sp³-hybridized carbons (Fsp3) is 0.345. The van der Waals surface area contributed by atoms with Crippen molar-refractivity contribution in [1.29, 1.82) is 0 Å². The number of fused-ring (bicyclic) bond motifs is 12. The first-order valence-corrected chi connectivity index (χ1v) is 12.5. The molecule has 1 N–H and O–H groups in total. The first-order valence-electron chi connectivity index (χ1n) is 12.5. The first-order chi connectivity index (χ1) is 17.1. The monoisotopic (exact) mass is 468 g/mol. The van der Waals surface area contributed by atoms with Gasteiger partial charge in [-0.3, -0.25) is 4.79 Å². The molecule has 4 bridgehead atoms. The van der Waals surface area contributed by atoms with Crippen molar-refractivity contribution in [2.45, 2.75) is 19.5 Å². The molecule has 0 radical (unpaired) electrons. The van der Waals surface area contributed by atoms with E-state index in [-0.39, 0.29) is 5.91 Å². The van der Waals surface area contributed by atoms with E-state index in [9.17, 15) is 4.79 Å². The summed E-state index contributed by atoms with van der Waals surface area (Å²) in [6.07, 6.45) is 5.42. The maximum Gasteiger partial charge on any atom is 0.252 e. The topological polar surface area (TPSA) is 51.4 Å². The summed E-state index contributed by atoms with van der Waals surface area (Å²) in [7, 11) is 4.25. The predicted octanol–water partition coefficient (Wildman–Crippen LogP) is 4.23. The zero-order valence-electron chi connectivity index (χ0n) is 20.5. The molecule has 2 aliphatic heterocycles. The number of amides is 1. The summed E-state index contributed by atoms with van der Waals surface area (Å²) in [4.78, 5) is 15.5. The largest absolute Gasteiger partial charge is 0.379 e. The van der Waals surface area contributed by atoms with Crippen LogP contribution in [0.25, 0.3) is 33.0 Å². The number of hydrogen-bond acceptors (Lipinski definition) is 3. The zero-order valence-corrected chi connectivity index (χ0v) is 20.5. The van der Waals surface area contributed by atoms with Gasteiger partial charge in [0.25, 0.3) is 5.91 Å². The van der Waals surface area contributed by atoms with Crippen LogP contribution in [0.3, 0.4) is 0 Å². The molecule has 4 aromatic rings. The van der Waals surface area contributed by atoms with Crippen LogP contribution in [0.15, 0.2) is 60.9 Å². The van der Waals surface area contributed by atoms with Crippen LogP contribution in [0.2, 0.25) is 0 Å². The number of benzene rings is 2. The molecule has 1 atom stereocenters. The van der Waals surface area contributed by atoms with Gasteiger partial charge in [0, 0.05) is 71.5 Å². The Morgan fingerprint density at radius 1 is 0.943 bits per heavy atom. The molecular formula is C29H32N4O2. The summed E-state index contributed by atoms with van der Waals surface area (Å²) in [5.74, 6) is 0.444. The molecule has 180 valence electrons. The second kappa shape index (κ2) is 9.02. The molecule has 2 aromatic carbocycles. The van der Waals surface area contributed by atoms with Crippen molar-refractivity contribution >= 4 is 38.9 Å². The lowest BCUT2D eigenvalue weighted by molar-refractivity contribution is -0.114. The molecule has 6 rings (SSSR count). The van der Waals surface area contributed by atoms with Gasteiger partial charge in [0.2, 0.25) is 0 Å². The Balaban J connectivity index is 1.56. The van der Waals surface area contributed by atoms with Gasteiger partial charge in [-0.05, 0) is 44.1 Å². The molecule has 35 heavy (non-hydrogen) atoms. The number of nitrogens with one attached hydrogen (secondary N) is 1. The lowest BCUT2D eigenvalue weighted by atomic mass is 9.96. The van der Waals surface area contributed by atoms with Gasteiger partial charge in [0.15, 0.2) is 0 Å². The van der Waals surface area contributed by atoms with Crippen LogP contribution in [0.1, 0.15) is 17.5 Å². The van der Waals surface area contributed by atoms with E-state index in [4.69, 9.17) is 4.74 Å². The Labute approximate surface area is 205 Å². The third-order valence-corrected chi connectivity index (χ3v) is 7.36. The highest BCUT2D eigenvalue weighted by Gasteiger charge is 2.29. The van der Waals surface area contributed by atoms with Gasteiger partial charge < -0.3 is 24.1 Å². The number of hydrogen-bond donors (Lipinski definition) is 1. The molecule has 0 saturated carbocycles. The molecule has 1 amide bonds. The van der Waals surface area contributed by atoms with Crippen molar-refractivity contribution in [3.05, 3.63) is 72.1 Å². The normalized spacial score (nSPS) is 19.2. The summed E-state index contributed by atoms with van der Waals surface area (Å²) in [6.45, 7) is 4.62. The van der Waals surface area contributed by atoms with Crippen LogP contribution < -0.4 is 5.32 Å². The van der Waals surface area contributed by atoms with Crippen LogP contribution in [0, 0.1) is 5.92 Å². The summed E-state index contributed by atoms with van der Waals surface area (Å²) in [5.41, 5.74) is 6.39. The molecule has 6 heteroatoms. The zero-order chi connectivity index (χ0) is 23.9. The second-order valence-corrected chi connectivity index (χ2v) is 10.0. The molecule has 0 fully saturated rings. The number of ether oxygens (including phenoxy) is 1. The number of para-hydroxylation sites is 2. The lowest BCUT2D eigenvalue weighted by Gasteiger charge is -2.22. The minimum atomic E-state index is 0.0119. The van der Waals surface area contributed by atoms with E-state index in [1.165, 1.54) is 16.4 Å². The van der Waals surface area contributed by atoms with Gasteiger partial charge in [-0.2, -0.15) is 0 Å². The number of aromatic nitrogens is 2. The maximum atomic E-state index is 13.3. The van der Waals surface area contributed by atoms with Gasteiger partial charge >= 0.3 is 0 Å². The molecular weight excluding hydrogens is 436 g/mol. The fourth-order valence-electron chi connectivity index (χ4n) is 5.78. The SMILES string of the molecule is CN(C)CC1CCn2cc(c3ccccc32)C2=C(CNC2=O)c2cn(c3ccccc23)CCOC1.